The molecule has 2 aromatic carbocycles. The van der Waals surface area contributed by atoms with Crippen molar-refractivity contribution in [3.63, 3.8) is 0 Å². The zero-order chi connectivity index (χ0) is 19.4. The number of rotatable bonds is 6. The SMILES string of the molecule is C[n+]1c(CC(=O)c2ccc(Cl)cc2)cccc1CC(=O)c1ccc(Br)cc1. The molecular formula is C22H18BrClNO2+. The zero-order valence-corrected chi connectivity index (χ0v) is 17.1. The minimum absolute atomic E-state index is 0.0126. The van der Waals surface area contributed by atoms with Gasteiger partial charge in [-0.25, -0.2) is 4.57 Å². The lowest BCUT2D eigenvalue weighted by Gasteiger charge is -2.06. The molecule has 0 aliphatic heterocycles. The van der Waals surface area contributed by atoms with Gasteiger partial charge < -0.3 is 0 Å². The summed E-state index contributed by atoms with van der Waals surface area (Å²) in [7, 11) is 1.88. The third kappa shape index (κ3) is 4.90. The van der Waals surface area contributed by atoms with Crippen LogP contribution in [0.15, 0.2) is 71.2 Å². The third-order valence-corrected chi connectivity index (χ3v) is 5.24. The van der Waals surface area contributed by atoms with E-state index in [1.807, 2.05) is 41.9 Å². The summed E-state index contributed by atoms with van der Waals surface area (Å²) in [4.78, 5) is 25.1. The van der Waals surface area contributed by atoms with Gasteiger partial charge in [0.25, 0.3) is 0 Å². The van der Waals surface area contributed by atoms with Gasteiger partial charge in [0.1, 0.15) is 7.05 Å². The predicted octanol–water partition coefficient (Wildman–Crippen LogP) is 4.78. The van der Waals surface area contributed by atoms with Crippen LogP contribution in [0.4, 0.5) is 0 Å². The van der Waals surface area contributed by atoms with Crippen molar-refractivity contribution in [2.45, 2.75) is 12.8 Å². The molecule has 3 aromatic rings. The topological polar surface area (TPSA) is 38.0 Å². The second kappa shape index (κ2) is 8.59. The summed E-state index contributed by atoms with van der Waals surface area (Å²) < 4.78 is 2.86. The lowest BCUT2D eigenvalue weighted by atomic mass is 10.0. The van der Waals surface area contributed by atoms with Crippen LogP contribution in [-0.4, -0.2) is 11.6 Å². The normalized spacial score (nSPS) is 10.6. The highest BCUT2D eigenvalue weighted by atomic mass is 79.9. The van der Waals surface area contributed by atoms with Gasteiger partial charge in [-0.2, -0.15) is 0 Å². The molecule has 0 spiro atoms. The first-order chi connectivity index (χ1) is 12.9. The molecule has 3 rings (SSSR count). The van der Waals surface area contributed by atoms with Gasteiger partial charge in [-0.3, -0.25) is 9.59 Å². The number of ketones is 2. The van der Waals surface area contributed by atoms with Crippen LogP contribution >= 0.6 is 27.5 Å². The molecule has 0 amide bonds. The molecule has 27 heavy (non-hydrogen) atoms. The van der Waals surface area contributed by atoms with Crippen LogP contribution in [0, 0.1) is 0 Å². The van der Waals surface area contributed by atoms with Crippen molar-refractivity contribution in [2.75, 3.05) is 0 Å². The summed E-state index contributed by atoms with van der Waals surface area (Å²) in [5.41, 5.74) is 3.01. The Labute approximate surface area is 171 Å². The van der Waals surface area contributed by atoms with Crippen molar-refractivity contribution < 1.29 is 14.2 Å². The summed E-state index contributed by atoms with van der Waals surface area (Å²) in [6.07, 6.45) is 0.541. The van der Waals surface area contributed by atoms with Crippen LogP contribution in [0.5, 0.6) is 0 Å². The fourth-order valence-corrected chi connectivity index (χ4v) is 3.23. The Morgan fingerprint density at radius 3 is 1.74 bits per heavy atom. The Morgan fingerprint density at radius 1 is 0.815 bits per heavy atom. The molecule has 0 saturated carbocycles. The number of carbonyl (C=O) groups excluding carboxylic acids is 2. The molecule has 0 saturated heterocycles. The smallest absolute Gasteiger partial charge is 0.189 e. The highest BCUT2D eigenvalue weighted by Gasteiger charge is 2.19. The van der Waals surface area contributed by atoms with Crippen molar-refractivity contribution in [1.29, 1.82) is 0 Å². The number of nitrogens with zero attached hydrogens (tertiary/aromatic N) is 1. The number of carbonyl (C=O) groups is 2. The number of hydrogen-bond acceptors (Lipinski definition) is 2. The summed E-state index contributed by atoms with van der Waals surface area (Å²) in [5.74, 6) is 0.0536. The number of Topliss-reactive ketones (excluding diaryl/α,β-unsaturated/α-hetero) is 2. The lowest BCUT2D eigenvalue weighted by molar-refractivity contribution is -0.685. The van der Waals surface area contributed by atoms with E-state index in [0.29, 0.717) is 16.1 Å². The number of benzene rings is 2. The standard InChI is InChI=1S/C22H18BrClNO2/c1-25-19(13-21(26)15-5-9-17(23)10-6-15)3-2-4-20(25)14-22(27)16-7-11-18(24)12-8-16/h2-12H,13-14H2,1H3/q+1. The van der Waals surface area contributed by atoms with Gasteiger partial charge in [0.2, 0.25) is 0 Å². The Balaban J connectivity index is 1.77. The van der Waals surface area contributed by atoms with Crippen molar-refractivity contribution in [3.8, 4) is 0 Å². The molecular weight excluding hydrogens is 426 g/mol. The van der Waals surface area contributed by atoms with Crippen molar-refractivity contribution in [1.82, 2.24) is 0 Å². The highest BCUT2D eigenvalue weighted by Crippen LogP contribution is 2.14. The molecule has 1 heterocycles. The molecule has 1 aromatic heterocycles. The second-order valence-corrected chi connectivity index (χ2v) is 7.63. The van der Waals surface area contributed by atoms with Crippen molar-refractivity contribution >= 4 is 39.1 Å². The van der Waals surface area contributed by atoms with Gasteiger partial charge >= 0.3 is 0 Å². The van der Waals surface area contributed by atoms with Gasteiger partial charge in [-0.15, -0.1) is 0 Å². The second-order valence-electron chi connectivity index (χ2n) is 6.28. The molecule has 0 N–H and O–H groups in total. The average Bonchev–Trinajstić information content (AvgIpc) is 2.66. The third-order valence-electron chi connectivity index (χ3n) is 4.45. The largest absolute Gasteiger partial charge is 0.294 e. The number of halogens is 2. The molecule has 0 unspecified atom stereocenters. The van der Waals surface area contributed by atoms with Gasteiger partial charge in [-0.1, -0.05) is 39.7 Å². The average molecular weight is 444 g/mol. The summed E-state index contributed by atoms with van der Waals surface area (Å²) in [5, 5.41) is 0.602. The van der Waals surface area contributed by atoms with E-state index in [-0.39, 0.29) is 24.4 Å². The molecule has 0 atom stereocenters. The van der Waals surface area contributed by atoms with E-state index < -0.39 is 0 Å². The minimum atomic E-state index is 0.0126. The monoisotopic (exact) mass is 442 g/mol. The van der Waals surface area contributed by atoms with Crippen LogP contribution in [-0.2, 0) is 19.9 Å². The van der Waals surface area contributed by atoms with Gasteiger partial charge in [0.15, 0.2) is 23.0 Å². The summed E-state index contributed by atoms with van der Waals surface area (Å²) in [6.45, 7) is 0. The van der Waals surface area contributed by atoms with Gasteiger partial charge in [0, 0.05) is 32.8 Å². The van der Waals surface area contributed by atoms with Crippen LogP contribution < -0.4 is 4.57 Å². The summed E-state index contributed by atoms with van der Waals surface area (Å²) in [6, 6.07) is 19.9. The molecule has 0 bridgehead atoms. The maximum Gasteiger partial charge on any atom is 0.189 e. The Morgan fingerprint density at radius 2 is 1.26 bits per heavy atom. The van der Waals surface area contributed by atoms with Gasteiger partial charge in [0.05, 0.1) is 12.8 Å². The van der Waals surface area contributed by atoms with E-state index in [4.69, 9.17) is 11.6 Å². The molecule has 136 valence electrons. The molecule has 0 aliphatic rings. The quantitative estimate of drug-likeness (QED) is 0.406. The first-order valence-corrected chi connectivity index (χ1v) is 9.65. The van der Waals surface area contributed by atoms with Crippen molar-refractivity contribution in [3.05, 3.63) is 98.7 Å². The number of pyridine rings is 1. The predicted molar refractivity (Wildman–Crippen MR) is 109 cm³/mol. The zero-order valence-electron chi connectivity index (χ0n) is 14.8. The highest BCUT2D eigenvalue weighted by molar-refractivity contribution is 9.10. The number of hydrogen-bond donors (Lipinski definition) is 0. The molecule has 0 radical (unpaired) electrons. The van der Waals surface area contributed by atoms with E-state index in [2.05, 4.69) is 15.9 Å². The van der Waals surface area contributed by atoms with E-state index in [9.17, 15) is 9.59 Å². The van der Waals surface area contributed by atoms with E-state index >= 15 is 0 Å². The fourth-order valence-electron chi connectivity index (χ4n) is 2.84. The first-order valence-electron chi connectivity index (χ1n) is 8.48. The molecule has 3 nitrogen and oxygen atoms in total. The molecule has 0 aliphatic carbocycles. The van der Waals surface area contributed by atoms with Crippen LogP contribution in [0.1, 0.15) is 32.1 Å². The van der Waals surface area contributed by atoms with Crippen molar-refractivity contribution in [2.24, 2.45) is 7.05 Å². The maximum absolute atomic E-state index is 12.6. The first kappa shape index (κ1) is 19.5. The number of aromatic nitrogens is 1. The Hall–Kier alpha value is -2.30. The molecule has 5 heteroatoms. The van der Waals surface area contributed by atoms with E-state index in [1.54, 1.807) is 36.4 Å². The Bertz CT molecular complexity index is 904. The Kier molecular flexibility index (Phi) is 6.19. The minimum Gasteiger partial charge on any atom is -0.294 e. The van der Waals surface area contributed by atoms with Gasteiger partial charge in [-0.05, 0) is 42.5 Å². The van der Waals surface area contributed by atoms with E-state index in [1.165, 1.54) is 0 Å². The van der Waals surface area contributed by atoms with Crippen LogP contribution in [0.2, 0.25) is 5.02 Å². The molecule has 0 fully saturated rings. The fraction of sp³-hybridized carbons (Fsp3) is 0.136. The maximum atomic E-state index is 12.6. The van der Waals surface area contributed by atoms with Crippen LogP contribution in [0.25, 0.3) is 0 Å². The lowest BCUT2D eigenvalue weighted by Crippen LogP contribution is -2.40. The van der Waals surface area contributed by atoms with E-state index in [0.717, 1.165) is 15.9 Å². The summed E-state index contributed by atoms with van der Waals surface area (Å²) >= 11 is 9.25. The van der Waals surface area contributed by atoms with Crippen LogP contribution in [0.3, 0.4) is 0 Å².